The molecule has 0 saturated carbocycles. The van der Waals surface area contributed by atoms with Gasteiger partial charge in [0.2, 0.25) is 0 Å². The summed E-state index contributed by atoms with van der Waals surface area (Å²) in [6.07, 6.45) is 3.35. The van der Waals surface area contributed by atoms with Gasteiger partial charge >= 0.3 is 0 Å². The molecular weight excluding hydrogens is 450 g/mol. The van der Waals surface area contributed by atoms with Gasteiger partial charge in [-0.3, -0.25) is 24.2 Å². The highest BCUT2D eigenvalue weighted by Gasteiger charge is 2.36. The number of benzene rings is 2. The quantitative estimate of drug-likeness (QED) is 0.418. The summed E-state index contributed by atoms with van der Waals surface area (Å²) in [5.41, 5.74) is 1.19. The average Bonchev–Trinajstić information content (AvgIpc) is 3.04. The van der Waals surface area contributed by atoms with Gasteiger partial charge in [-0.1, -0.05) is 12.1 Å². The molecule has 0 saturated heterocycles. The minimum absolute atomic E-state index is 0.0919. The number of sulfonamides is 1. The van der Waals surface area contributed by atoms with E-state index in [0.717, 1.165) is 9.80 Å². The maximum absolute atomic E-state index is 13.1. The molecule has 0 bridgehead atoms. The summed E-state index contributed by atoms with van der Waals surface area (Å²) in [6, 6.07) is 14.7. The van der Waals surface area contributed by atoms with Crippen molar-refractivity contribution in [2.45, 2.75) is 16.3 Å². The summed E-state index contributed by atoms with van der Waals surface area (Å²) in [4.78, 5) is 31.1. The summed E-state index contributed by atoms with van der Waals surface area (Å²) < 4.78 is 34.1. The highest BCUT2D eigenvalue weighted by molar-refractivity contribution is 7.98. The first-order valence-electron chi connectivity index (χ1n) is 9.49. The summed E-state index contributed by atoms with van der Waals surface area (Å²) in [6.45, 7) is -0.0947. The summed E-state index contributed by atoms with van der Waals surface area (Å²) in [5, 5.41) is 0. The molecule has 1 aliphatic rings. The van der Waals surface area contributed by atoms with Gasteiger partial charge in [0, 0.05) is 16.8 Å². The highest BCUT2D eigenvalue weighted by Crippen LogP contribution is 2.30. The number of hydrogen-bond donors (Lipinski definition) is 1. The van der Waals surface area contributed by atoms with Crippen LogP contribution in [0.25, 0.3) is 0 Å². The van der Waals surface area contributed by atoms with Crippen molar-refractivity contribution in [2.75, 3.05) is 18.1 Å². The fourth-order valence-corrected chi connectivity index (χ4v) is 5.10. The van der Waals surface area contributed by atoms with Crippen molar-refractivity contribution in [1.29, 1.82) is 0 Å². The van der Waals surface area contributed by atoms with Crippen LogP contribution in [-0.4, -0.2) is 43.5 Å². The van der Waals surface area contributed by atoms with Crippen LogP contribution in [0.15, 0.2) is 70.6 Å². The molecule has 1 aliphatic heterocycles. The van der Waals surface area contributed by atoms with Crippen molar-refractivity contribution >= 4 is 39.3 Å². The topological polar surface area (TPSA) is 106 Å². The van der Waals surface area contributed by atoms with E-state index in [9.17, 15) is 18.0 Å². The number of amides is 2. The second-order valence-electron chi connectivity index (χ2n) is 6.92. The molecule has 2 heterocycles. The lowest BCUT2D eigenvalue weighted by Gasteiger charge is -2.16. The summed E-state index contributed by atoms with van der Waals surface area (Å²) in [5.74, 6) is -0.838. The van der Waals surface area contributed by atoms with Crippen molar-refractivity contribution in [3.05, 3.63) is 77.6 Å². The van der Waals surface area contributed by atoms with Crippen molar-refractivity contribution in [1.82, 2.24) is 9.88 Å². The van der Waals surface area contributed by atoms with Crippen LogP contribution in [0.4, 0.5) is 5.69 Å². The number of methoxy groups -OCH3 is 1. The molecule has 4 rings (SSSR count). The van der Waals surface area contributed by atoms with E-state index < -0.39 is 21.8 Å². The number of carbonyl (C=O) groups excluding carboxylic acids is 2. The highest BCUT2D eigenvalue weighted by atomic mass is 32.2. The number of ether oxygens (including phenoxy) is 1. The minimum atomic E-state index is -4.00. The lowest BCUT2D eigenvalue weighted by atomic mass is 10.2. The molecule has 2 aromatic carbocycles. The van der Waals surface area contributed by atoms with Crippen LogP contribution in [0, 0.1) is 0 Å². The number of pyridine rings is 1. The van der Waals surface area contributed by atoms with E-state index in [0.29, 0.717) is 11.3 Å². The standard InChI is InChI=1S/C22H19N3O5S2/c1-30-18-9-8-14(13-25-21(26)17-7-4-10-23-20(17)22(25)27)11-19(18)32(28,29)24-15-5-3-6-16(12-15)31-2/h3-12,24H,13H2,1-2H3. The number of anilines is 1. The Bertz CT molecular complexity index is 1290. The molecule has 32 heavy (non-hydrogen) atoms. The van der Waals surface area contributed by atoms with Crippen molar-refractivity contribution < 1.29 is 22.7 Å². The Morgan fingerprint density at radius 1 is 1.06 bits per heavy atom. The number of nitrogens with zero attached hydrogens (tertiary/aromatic N) is 2. The largest absolute Gasteiger partial charge is 0.495 e. The van der Waals surface area contributed by atoms with Crippen molar-refractivity contribution in [3.63, 3.8) is 0 Å². The van der Waals surface area contributed by atoms with E-state index in [1.165, 1.54) is 37.2 Å². The van der Waals surface area contributed by atoms with Crippen LogP contribution < -0.4 is 9.46 Å². The normalized spacial score (nSPS) is 13.2. The molecule has 8 nitrogen and oxygen atoms in total. The molecule has 10 heteroatoms. The Hall–Kier alpha value is -3.37. The van der Waals surface area contributed by atoms with Crippen molar-refractivity contribution in [3.8, 4) is 5.75 Å². The fraction of sp³-hybridized carbons (Fsp3) is 0.136. The van der Waals surface area contributed by atoms with E-state index >= 15 is 0 Å². The fourth-order valence-electron chi connectivity index (χ4n) is 3.37. The molecule has 0 spiro atoms. The molecule has 164 valence electrons. The van der Waals surface area contributed by atoms with Gasteiger partial charge in [-0.2, -0.15) is 0 Å². The van der Waals surface area contributed by atoms with Gasteiger partial charge in [0.15, 0.2) is 0 Å². The first-order valence-corrected chi connectivity index (χ1v) is 12.2. The minimum Gasteiger partial charge on any atom is -0.495 e. The van der Waals surface area contributed by atoms with Crippen LogP contribution in [0.3, 0.4) is 0 Å². The number of hydrogen-bond acceptors (Lipinski definition) is 7. The van der Waals surface area contributed by atoms with Crippen molar-refractivity contribution in [2.24, 2.45) is 0 Å². The first-order chi connectivity index (χ1) is 15.3. The SMILES string of the molecule is COc1ccc(CN2C(=O)c3cccnc3C2=O)cc1S(=O)(=O)Nc1cccc(SC)c1. The number of aromatic nitrogens is 1. The zero-order valence-corrected chi connectivity index (χ0v) is 18.9. The van der Waals surface area contributed by atoms with Gasteiger partial charge in [0.1, 0.15) is 16.3 Å². The van der Waals surface area contributed by atoms with Crippen LogP contribution in [-0.2, 0) is 16.6 Å². The molecule has 0 radical (unpaired) electrons. The molecular formula is C22H19N3O5S2. The molecule has 1 aromatic heterocycles. The van der Waals surface area contributed by atoms with E-state index in [2.05, 4.69) is 9.71 Å². The first kappa shape index (κ1) is 21.8. The molecule has 0 fully saturated rings. The number of fused-ring (bicyclic) bond motifs is 1. The Labute approximate surface area is 189 Å². The molecule has 3 aromatic rings. The van der Waals surface area contributed by atoms with E-state index in [1.807, 2.05) is 12.3 Å². The zero-order chi connectivity index (χ0) is 22.9. The summed E-state index contributed by atoms with van der Waals surface area (Å²) >= 11 is 1.49. The van der Waals surface area contributed by atoms with E-state index in [-0.39, 0.29) is 28.4 Å². The summed E-state index contributed by atoms with van der Waals surface area (Å²) in [7, 11) is -2.63. The average molecular weight is 470 g/mol. The lowest BCUT2D eigenvalue weighted by Crippen LogP contribution is -2.29. The van der Waals surface area contributed by atoms with Gasteiger partial charge in [-0.25, -0.2) is 8.42 Å². The number of imide groups is 1. The van der Waals surface area contributed by atoms with Crippen LogP contribution in [0.1, 0.15) is 26.4 Å². The second-order valence-corrected chi connectivity index (χ2v) is 9.45. The van der Waals surface area contributed by atoms with E-state index in [1.54, 1.807) is 36.4 Å². The lowest BCUT2D eigenvalue weighted by molar-refractivity contribution is 0.0640. The van der Waals surface area contributed by atoms with Crippen LogP contribution in [0.5, 0.6) is 5.75 Å². The van der Waals surface area contributed by atoms with E-state index in [4.69, 9.17) is 4.74 Å². The van der Waals surface area contributed by atoms with Gasteiger partial charge in [0.25, 0.3) is 21.8 Å². The molecule has 1 N–H and O–H groups in total. The third kappa shape index (κ3) is 4.06. The number of carbonyl (C=O) groups is 2. The zero-order valence-electron chi connectivity index (χ0n) is 17.2. The Morgan fingerprint density at radius 3 is 2.59 bits per heavy atom. The molecule has 0 atom stereocenters. The van der Waals surface area contributed by atoms with Crippen LogP contribution in [0.2, 0.25) is 0 Å². The molecule has 0 aliphatic carbocycles. The van der Waals surface area contributed by atoms with Gasteiger partial charge in [-0.05, 0) is 54.3 Å². The van der Waals surface area contributed by atoms with Gasteiger partial charge < -0.3 is 4.74 Å². The van der Waals surface area contributed by atoms with Gasteiger partial charge in [0.05, 0.1) is 19.2 Å². The number of rotatable bonds is 7. The number of nitrogens with one attached hydrogen (secondary N) is 1. The maximum Gasteiger partial charge on any atom is 0.280 e. The number of thioether (sulfide) groups is 1. The smallest absolute Gasteiger partial charge is 0.280 e. The molecule has 0 unspecified atom stereocenters. The third-order valence-corrected chi connectivity index (χ3v) is 7.04. The Morgan fingerprint density at radius 2 is 1.88 bits per heavy atom. The monoisotopic (exact) mass is 469 g/mol. The van der Waals surface area contributed by atoms with Gasteiger partial charge in [-0.15, -0.1) is 11.8 Å². The molecule has 2 amide bonds. The third-order valence-electron chi connectivity index (χ3n) is 4.91. The Kier molecular flexibility index (Phi) is 5.90. The Balaban J connectivity index is 1.64. The predicted molar refractivity (Wildman–Crippen MR) is 120 cm³/mol. The van der Waals surface area contributed by atoms with Crippen LogP contribution >= 0.6 is 11.8 Å². The maximum atomic E-state index is 13.1. The predicted octanol–water partition coefficient (Wildman–Crippen LogP) is 3.41. The second kappa shape index (κ2) is 8.64.